The van der Waals surface area contributed by atoms with Crippen LogP contribution in [0.4, 0.5) is 0 Å². The molecule has 0 saturated carbocycles. The Morgan fingerprint density at radius 1 is 1.44 bits per heavy atom. The minimum absolute atomic E-state index is 0.0572. The Morgan fingerprint density at radius 2 is 2.17 bits per heavy atom. The Kier molecular flexibility index (Phi) is 3.21. The summed E-state index contributed by atoms with van der Waals surface area (Å²) in [5.41, 5.74) is 0.482. The molecule has 6 heteroatoms. The van der Waals surface area contributed by atoms with E-state index in [2.05, 4.69) is 36.1 Å². The number of nitrogens with zero attached hydrogens (tertiary/aromatic N) is 4. The summed E-state index contributed by atoms with van der Waals surface area (Å²) in [7, 11) is 0. The smallest absolute Gasteiger partial charge is 0.216 e. The topological polar surface area (TPSA) is 77.0 Å². The molecule has 0 radical (unpaired) electrons. The number of hydrogen-bond donors (Lipinski definition) is 1. The average Bonchev–Trinajstić information content (AvgIpc) is 2.85. The lowest BCUT2D eigenvalue weighted by atomic mass is 9.94. The molecule has 0 bridgehead atoms. The Morgan fingerprint density at radius 3 is 2.67 bits per heavy atom. The van der Waals surface area contributed by atoms with Gasteiger partial charge in [0.25, 0.3) is 0 Å². The highest BCUT2D eigenvalue weighted by Crippen LogP contribution is 2.22. The maximum absolute atomic E-state index is 9.36. The molecule has 2 rings (SSSR count). The minimum Gasteiger partial charge on any atom is -0.443 e. The van der Waals surface area contributed by atoms with Gasteiger partial charge in [0.05, 0.1) is 18.5 Å². The molecule has 0 aliphatic carbocycles. The normalized spacial score (nSPS) is 13.8. The van der Waals surface area contributed by atoms with Gasteiger partial charge >= 0.3 is 0 Å². The van der Waals surface area contributed by atoms with Crippen LogP contribution in [0.5, 0.6) is 0 Å². The van der Waals surface area contributed by atoms with Gasteiger partial charge in [0.1, 0.15) is 18.0 Å². The molecule has 18 heavy (non-hydrogen) atoms. The largest absolute Gasteiger partial charge is 0.443 e. The maximum atomic E-state index is 9.36. The van der Waals surface area contributed by atoms with Crippen molar-refractivity contribution in [1.82, 2.24) is 20.0 Å². The highest BCUT2D eigenvalue weighted by Gasteiger charge is 2.19. The monoisotopic (exact) mass is 250 g/mol. The van der Waals surface area contributed by atoms with E-state index in [0.717, 1.165) is 5.76 Å². The summed E-state index contributed by atoms with van der Waals surface area (Å²) in [4.78, 5) is 4.21. The Bertz CT molecular complexity index is 522. The summed E-state index contributed by atoms with van der Waals surface area (Å²) >= 11 is 0. The molecular weight excluding hydrogens is 232 g/mol. The lowest BCUT2D eigenvalue weighted by molar-refractivity contribution is 0.194. The molecule has 1 unspecified atom stereocenters. The fraction of sp³-hybridized carbons (Fsp3) is 0.583. The Labute approximate surface area is 106 Å². The number of aromatic nitrogens is 4. The number of rotatable bonds is 3. The number of hydrogen-bond acceptors (Lipinski definition) is 5. The van der Waals surface area contributed by atoms with Gasteiger partial charge in [-0.25, -0.2) is 9.67 Å². The van der Waals surface area contributed by atoms with E-state index in [1.165, 1.54) is 0 Å². The quantitative estimate of drug-likeness (QED) is 0.896. The van der Waals surface area contributed by atoms with E-state index in [-0.39, 0.29) is 5.41 Å². The fourth-order valence-corrected chi connectivity index (χ4v) is 1.45. The van der Waals surface area contributed by atoms with Crippen molar-refractivity contribution in [3.05, 3.63) is 29.7 Å². The van der Waals surface area contributed by atoms with E-state index in [1.807, 2.05) is 0 Å². The van der Waals surface area contributed by atoms with Crippen LogP contribution in [0.25, 0.3) is 0 Å². The van der Waals surface area contributed by atoms with Gasteiger partial charge in [-0.15, -0.1) is 5.10 Å². The molecule has 0 aromatic carbocycles. The van der Waals surface area contributed by atoms with Crippen molar-refractivity contribution in [3.63, 3.8) is 0 Å². The lowest BCUT2D eigenvalue weighted by Gasteiger charge is -2.13. The highest BCUT2D eigenvalue weighted by molar-refractivity contribution is 5.06. The van der Waals surface area contributed by atoms with E-state index < -0.39 is 6.10 Å². The van der Waals surface area contributed by atoms with E-state index in [9.17, 15) is 5.11 Å². The van der Waals surface area contributed by atoms with E-state index in [1.54, 1.807) is 24.0 Å². The molecular formula is C12H18N4O2. The standard InChI is InChI=1S/C12H18N4O2/c1-8(17)9-6-16(15-14-9)7-11-13-5-10(18-11)12(2,3)4/h5-6,8,17H,7H2,1-4H3. The zero-order chi connectivity index (χ0) is 13.3. The molecule has 0 saturated heterocycles. The molecule has 6 nitrogen and oxygen atoms in total. The third kappa shape index (κ3) is 2.76. The van der Waals surface area contributed by atoms with Crippen molar-refractivity contribution in [2.75, 3.05) is 0 Å². The van der Waals surface area contributed by atoms with Crippen molar-refractivity contribution in [2.24, 2.45) is 0 Å². The fourth-order valence-electron chi connectivity index (χ4n) is 1.45. The molecule has 0 aliphatic rings. The second-order valence-electron chi connectivity index (χ2n) is 5.39. The first kappa shape index (κ1) is 12.8. The number of aliphatic hydroxyl groups excluding tert-OH is 1. The van der Waals surface area contributed by atoms with Crippen LogP contribution in [0.1, 0.15) is 51.1 Å². The first-order valence-corrected chi connectivity index (χ1v) is 5.89. The molecule has 0 amide bonds. The van der Waals surface area contributed by atoms with Crippen LogP contribution in [0.15, 0.2) is 16.8 Å². The van der Waals surface area contributed by atoms with Gasteiger partial charge in [0.2, 0.25) is 5.89 Å². The second-order valence-corrected chi connectivity index (χ2v) is 5.39. The van der Waals surface area contributed by atoms with Crippen molar-refractivity contribution in [3.8, 4) is 0 Å². The molecule has 2 heterocycles. The van der Waals surface area contributed by atoms with Crippen LogP contribution in [0, 0.1) is 0 Å². The molecule has 1 atom stereocenters. The first-order chi connectivity index (χ1) is 8.36. The average molecular weight is 250 g/mol. The lowest BCUT2D eigenvalue weighted by Crippen LogP contribution is -2.09. The van der Waals surface area contributed by atoms with Crippen LogP contribution in [-0.4, -0.2) is 25.1 Å². The first-order valence-electron chi connectivity index (χ1n) is 5.89. The summed E-state index contributed by atoms with van der Waals surface area (Å²) in [5.74, 6) is 1.43. The minimum atomic E-state index is -0.617. The zero-order valence-electron chi connectivity index (χ0n) is 11.1. The molecule has 0 spiro atoms. The zero-order valence-corrected chi connectivity index (χ0v) is 11.1. The third-order valence-corrected chi connectivity index (χ3v) is 2.57. The van der Waals surface area contributed by atoms with E-state index in [4.69, 9.17) is 4.42 Å². The number of aliphatic hydroxyl groups is 1. The number of oxazole rings is 1. The van der Waals surface area contributed by atoms with E-state index >= 15 is 0 Å². The molecule has 1 N–H and O–H groups in total. The van der Waals surface area contributed by atoms with Crippen molar-refractivity contribution >= 4 is 0 Å². The second kappa shape index (κ2) is 4.53. The van der Waals surface area contributed by atoms with Gasteiger partial charge in [0, 0.05) is 5.41 Å². The van der Waals surface area contributed by atoms with Crippen LogP contribution >= 0.6 is 0 Å². The summed E-state index contributed by atoms with van der Waals surface area (Å²) in [5, 5.41) is 17.1. The molecule has 0 aliphatic heterocycles. The van der Waals surface area contributed by atoms with Crippen molar-refractivity contribution < 1.29 is 9.52 Å². The summed E-state index contributed by atoms with van der Waals surface area (Å²) in [6.45, 7) is 8.27. The summed E-state index contributed by atoms with van der Waals surface area (Å²) in [6.07, 6.45) is 2.81. The van der Waals surface area contributed by atoms with Gasteiger partial charge < -0.3 is 9.52 Å². The van der Waals surface area contributed by atoms with Gasteiger partial charge in [-0.3, -0.25) is 0 Å². The highest BCUT2D eigenvalue weighted by atomic mass is 16.4. The van der Waals surface area contributed by atoms with E-state index in [0.29, 0.717) is 18.1 Å². The van der Waals surface area contributed by atoms with Crippen LogP contribution in [-0.2, 0) is 12.0 Å². The van der Waals surface area contributed by atoms with Gasteiger partial charge in [-0.2, -0.15) is 0 Å². The Balaban J connectivity index is 2.11. The predicted molar refractivity (Wildman–Crippen MR) is 65.0 cm³/mol. The molecule has 2 aromatic rings. The van der Waals surface area contributed by atoms with Crippen LogP contribution in [0.2, 0.25) is 0 Å². The molecule has 98 valence electrons. The van der Waals surface area contributed by atoms with Gasteiger partial charge in [-0.1, -0.05) is 26.0 Å². The SMILES string of the molecule is CC(O)c1cn(Cc2ncc(C(C)(C)C)o2)nn1. The predicted octanol–water partition coefficient (Wildman–Crippen LogP) is 1.67. The Hall–Kier alpha value is -1.69. The molecule has 2 aromatic heterocycles. The summed E-state index contributed by atoms with van der Waals surface area (Å²) in [6, 6.07) is 0. The van der Waals surface area contributed by atoms with Crippen LogP contribution in [0.3, 0.4) is 0 Å². The van der Waals surface area contributed by atoms with Gasteiger partial charge in [0.15, 0.2) is 0 Å². The van der Waals surface area contributed by atoms with Crippen LogP contribution < -0.4 is 0 Å². The van der Waals surface area contributed by atoms with Crippen molar-refractivity contribution in [2.45, 2.75) is 45.8 Å². The van der Waals surface area contributed by atoms with Gasteiger partial charge in [-0.05, 0) is 6.92 Å². The maximum Gasteiger partial charge on any atom is 0.216 e. The third-order valence-electron chi connectivity index (χ3n) is 2.57. The summed E-state index contributed by atoms with van der Waals surface area (Å²) < 4.78 is 7.26. The van der Waals surface area contributed by atoms with Crippen molar-refractivity contribution in [1.29, 1.82) is 0 Å². The molecule has 0 fully saturated rings.